The lowest BCUT2D eigenvalue weighted by Gasteiger charge is -2.42. The summed E-state index contributed by atoms with van der Waals surface area (Å²) in [6, 6.07) is 19.7. The second-order valence-electron chi connectivity index (χ2n) is 10.6. The van der Waals surface area contributed by atoms with Crippen LogP contribution >= 0.6 is 0 Å². The molecule has 33 heavy (non-hydrogen) atoms. The van der Waals surface area contributed by atoms with Gasteiger partial charge in [-0.1, -0.05) is 55.3 Å². The Balaban J connectivity index is 1.29. The molecule has 2 saturated heterocycles. The van der Waals surface area contributed by atoms with Crippen LogP contribution in [-0.4, -0.2) is 45.5 Å². The van der Waals surface area contributed by atoms with Crippen LogP contribution in [0, 0.1) is 5.92 Å². The Bertz CT molecular complexity index is 926. The Morgan fingerprint density at radius 1 is 1.00 bits per heavy atom. The van der Waals surface area contributed by atoms with E-state index >= 15 is 0 Å². The highest BCUT2D eigenvalue weighted by Crippen LogP contribution is 2.43. The number of piperidine rings is 1. The lowest BCUT2D eigenvalue weighted by molar-refractivity contribution is -0.138. The first-order valence-electron chi connectivity index (χ1n) is 13.0. The molecule has 1 aliphatic carbocycles. The number of amides is 1. The summed E-state index contributed by atoms with van der Waals surface area (Å²) in [4.78, 5) is 18.5. The molecule has 4 nitrogen and oxygen atoms in total. The predicted molar refractivity (Wildman–Crippen MR) is 132 cm³/mol. The number of fused-ring (bicyclic) bond motifs is 2. The molecule has 0 spiro atoms. The van der Waals surface area contributed by atoms with Crippen LogP contribution in [0.25, 0.3) is 0 Å². The maximum absolute atomic E-state index is 13.6. The largest absolute Gasteiger partial charge is 0.508 e. The third-order valence-electron chi connectivity index (χ3n) is 8.42. The number of aromatic hydroxyl groups is 1. The van der Waals surface area contributed by atoms with Crippen molar-refractivity contribution < 1.29 is 9.90 Å². The second kappa shape index (κ2) is 9.89. The SMILES string of the molecule is C[C@H](CN1C2CCC1CC(c1cccc(O)c1)C2)N(Cc1ccccc1)C(=O)C1CCCC1. The van der Waals surface area contributed by atoms with Gasteiger partial charge in [0.05, 0.1) is 0 Å². The van der Waals surface area contributed by atoms with Crippen molar-refractivity contribution in [3.63, 3.8) is 0 Å². The summed E-state index contributed by atoms with van der Waals surface area (Å²) >= 11 is 0. The van der Waals surface area contributed by atoms with E-state index in [1.807, 2.05) is 18.2 Å². The third-order valence-corrected chi connectivity index (χ3v) is 8.42. The standard InChI is InChI=1S/C29H38N2O2/c1-21(30(20-22-8-3-2-4-9-22)29(33)23-10-5-6-11-23)19-31-26-14-15-27(31)17-25(16-26)24-12-7-13-28(32)18-24/h2-4,7-9,12-13,18,21,23,25-27,32H,5-6,10-11,14-17,19-20H2,1H3/t21-,25?,26?,27?/m1/s1. The van der Waals surface area contributed by atoms with Gasteiger partial charge in [-0.2, -0.15) is 0 Å². The van der Waals surface area contributed by atoms with Crippen molar-refractivity contribution in [3.8, 4) is 5.75 Å². The van der Waals surface area contributed by atoms with Crippen molar-refractivity contribution in [2.75, 3.05) is 6.54 Å². The fraction of sp³-hybridized carbons (Fsp3) is 0.552. The average molecular weight is 447 g/mol. The zero-order chi connectivity index (χ0) is 22.8. The topological polar surface area (TPSA) is 43.8 Å². The van der Waals surface area contributed by atoms with Gasteiger partial charge in [0.2, 0.25) is 5.91 Å². The molecule has 0 aromatic heterocycles. The molecule has 2 aliphatic heterocycles. The van der Waals surface area contributed by atoms with E-state index in [0.717, 1.165) is 32.2 Å². The normalized spacial score (nSPS) is 26.4. The zero-order valence-corrected chi connectivity index (χ0v) is 19.9. The van der Waals surface area contributed by atoms with Crippen LogP contribution in [0.5, 0.6) is 5.75 Å². The monoisotopic (exact) mass is 446 g/mol. The Morgan fingerprint density at radius 3 is 2.36 bits per heavy atom. The summed E-state index contributed by atoms with van der Waals surface area (Å²) in [5, 5.41) is 9.94. The van der Waals surface area contributed by atoms with Gasteiger partial charge in [-0.25, -0.2) is 0 Å². The minimum atomic E-state index is 0.207. The molecule has 2 bridgehead atoms. The molecule has 1 N–H and O–H groups in total. The van der Waals surface area contributed by atoms with Gasteiger partial charge in [0.25, 0.3) is 0 Å². The predicted octanol–water partition coefficient (Wildman–Crippen LogP) is 5.71. The second-order valence-corrected chi connectivity index (χ2v) is 10.6. The van der Waals surface area contributed by atoms with E-state index < -0.39 is 0 Å². The molecular weight excluding hydrogens is 408 g/mol. The summed E-state index contributed by atoms with van der Waals surface area (Å²) in [5.74, 6) is 1.48. The maximum Gasteiger partial charge on any atom is 0.226 e. The van der Waals surface area contributed by atoms with Crippen molar-refractivity contribution in [2.45, 2.75) is 88.9 Å². The average Bonchev–Trinajstić information content (AvgIpc) is 3.43. The van der Waals surface area contributed by atoms with Crippen molar-refractivity contribution in [3.05, 3.63) is 65.7 Å². The van der Waals surface area contributed by atoms with Gasteiger partial charge < -0.3 is 10.0 Å². The Kier molecular flexibility index (Phi) is 6.73. The van der Waals surface area contributed by atoms with Crippen LogP contribution in [0.1, 0.15) is 75.3 Å². The molecule has 2 unspecified atom stereocenters. The van der Waals surface area contributed by atoms with Crippen LogP contribution in [0.3, 0.4) is 0 Å². The minimum Gasteiger partial charge on any atom is -0.508 e. The fourth-order valence-corrected chi connectivity index (χ4v) is 6.67. The summed E-state index contributed by atoms with van der Waals surface area (Å²) in [6.07, 6.45) is 9.30. The Labute approximate surface area is 198 Å². The molecular formula is C29H38N2O2. The molecule has 2 aromatic carbocycles. The van der Waals surface area contributed by atoms with Gasteiger partial charge in [0, 0.05) is 37.1 Å². The van der Waals surface area contributed by atoms with E-state index in [9.17, 15) is 9.90 Å². The molecule has 2 heterocycles. The summed E-state index contributed by atoms with van der Waals surface area (Å²) in [7, 11) is 0. The first-order valence-corrected chi connectivity index (χ1v) is 13.0. The van der Waals surface area contributed by atoms with E-state index in [4.69, 9.17) is 0 Å². The number of phenolic OH excluding ortho intramolecular Hbond substituents is 1. The van der Waals surface area contributed by atoms with Gasteiger partial charge in [-0.05, 0) is 74.6 Å². The number of hydrogen-bond donors (Lipinski definition) is 1. The van der Waals surface area contributed by atoms with Crippen molar-refractivity contribution in [1.29, 1.82) is 0 Å². The van der Waals surface area contributed by atoms with Crippen LogP contribution < -0.4 is 0 Å². The molecule has 176 valence electrons. The minimum absolute atomic E-state index is 0.207. The Hall–Kier alpha value is -2.33. The maximum atomic E-state index is 13.6. The summed E-state index contributed by atoms with van der Waals surface area (Å²) in [5.41, 5.74) is 2.50. The fourth-order valence-electron chi connectivity index (χ4n) is 6.67. The lowest BCUT2D eigenvalue weighted by Crippen LogP contribution is -2.51. The number of nitrogens with zero attached hydrogens (tertiary/aromatic N) is 2. The van der Waals surface area contributed by atoms with Gasteiger partial charge in [0.15, 0.2) is 0 Å². The highest BCUT2D eigenvalue weighted by atomic mass is 16.3. The molecule has 0 radical (unpaired) electrons. The molecule has 4 heteroatoms. The molecule has 5 rings (SSSR count). The van der Waals surface area contributed by atoms with E-state index in [1.54, 1.807) is 6.07 Å². The van der Waals surface area contributed by atoms with E-state index in [2.05, 4.69) is 47.1 Å². The van der Waals surface area contributed by atoms with E-state index in [1.165, 1.54) is 36.8 Å². The lowest BCUT2D eigenvalue weighted by atomic mass is 9.84. The first-order chi connectivity index (χ1) is 16.1. The van der Waals surface area contributed by atoms with Gasteiger partial charge in [-0.3, -0.25) is 9.69 Å². The Morgan fingerprint density at radius 2 is 1.70 bits per heavy atom. The van der Waals surface area contributed by atoms with Crippen LogP contribution in [-0.2, 0) is 11.3 Å². The van der Waals surface area contributed by atoms with Gasteiger partial charge >= 0.3 is 0 Å². The van der Waals surface area contributed by atoms with Gasteiger partial charge in [0.1, 0.15) is 5.75 Å². The number of carbonyl (C=O) groups excluding carboxylic acids is 1. The van der Waals surface area contributed by atoms with Crippen LogP contribution in [0.2, 0.25) is 0 Å². The molecule has 1 saturated carbocycles. The van der Waals surface area contributed by atoms with Crippen molar-refractivity contribution in [1.82, 2.24) is 9.80 Å². The van der Waals surface area contributed by atoms with E-state index in [0.29, 0.717) is 36.2 Å². The third kappa shape index (κ3) is 4.96. The van der Waals surface area contributed by atoms with Gasteiger partial charge in [-0.15, -0.1) is 0 Å². The van der Waals surface area contributed by atoms with E-state index in [-0.39, 0.29) is 12.0 Å². The number of carbonyl (C=O) groups is 1. The van der Waals surface area contributed by atoms with Crippen molar-refractivity contribution >= 4 is 5.91 Å². The first kappa shape index (κ1) is 22.5. The van der Waals surface area contributed by atoms with Crippen molar-refractivity contribution in [2.24, 2.45) is 5.92 Å². The zero-order valence-electron chi connectivity index (χ0n) is 19.9. The quantitative estimate of drug-likeness (QED) is 0.592. The molecule has 3 aliphatic rings. The van der Waals surface area contributed by atoms with Crippen LogP contribution in [0.4, 0.5) is 0 Å². The molecule has 3 atom stereocenters. The molecule has 3 fully saturated rings. The highest BCUT2D eigenvalue weighted by molar-refractivity contribution is 5.79. The smallest absolute Gasteiger partial charge is 0.226 e. The number of phenols is 1. The molecule has 2 aromatic rings. The highest BCUT2D eigenvalue weighted by Gasteiger charge is 2.42. The summed E-state index contributed by atoms with van der Waals surface area (Å²) in [6.45, 7) is 3.94. The number of hydrogen-bond acceptors (Lipinski definition) is 3. The number of benzene rings is 2. The number of rotatable bonds is 7. The summed E-state index contributed by atoms with van der Waals surface area (Å²) < 4.78 is 0. The van der Waals surface area contributed by atoms with Crippen LogP contribution in [0.15, 0.2) is 54.6 Å². The molecule has 1 amide bonds.